The molecule has 1 aromatic heterocycles. The van der Waals surface area contributed by atoms with Gasteiger partial charge in [-0.05, 0) is 29.3 Å². The van der Waals surface area contributed by atoms with Gasteiger partial charge in [-0.3, -0.25) is 9.59 Å². The molecule has 1 unspecified atom stereocenters. The number of carbonyl (C=O) groups is 2. The molecular weight excluding hydrogens is 366 g/mol. The van der Waals surface area contributed by atoms with E-state index >= 15 is 0 Å². The summed E-state index contributed by atoms with van der Waals surface area (Å²) in [6, 6.07) is 14.8. The number of cyclic esters (lactones) is 2. The monoisotopic (exact) mass is 383 g/mol. The summed E-state index contributed by atoms with van der Waals surface area (Å²) < 4.78 is 10.7. The van der Waals surface area contributed by atoms with Crippen LogP contribution in [0.2, 0.25) is 5.02 Å². The Morgan fingerprint density at radius 1 is 1.00 bits per heavy atom. The maximum Gasteiger partial charge on any atom is 0.324 e. The number of para-hydroxylation sites is 1. The first-order chi connectivity index (χ1) is 12.9. The molecule has 0 radical (unpaired) electrons. The van der Waals surface area contributed by atoms with Crippen LogP contribution < -0.4 is 0 Å². The summed E-state index contributed by atoms with van der Waals surface area (Å²) in [5, 5.41) is 1.51. The van der Waals surface area contributed by atoms with E-state index < -0.39 is 29.6 Å². The highest BCUT2D eigenvalue weighted by Gasteiger charge is 2.48. The molecule has 0 aliphatic carbocycles. The summed E-state index contributed by atoms with van der Waals surface area (Å²) in [4.78, 5) is 28.8. The number of aromatic amines is 1. The SMILES string of the molecule is CC1(C)OC(=O)C(C(c2ccc(Cl)cc2)c2c[nH]c3ccccc23)C(=O)O1. The van der Waals surface area contributed by atoms with Crippen molar-refractivity contribution in [3.05, 3.63) is 70.9 Å². The number of aromatic nitrogens is 1. The van der Waals surface area contributed by atoms with Crippen LogP contribution in [-0.2, 0) is 19.1 Å². The number of benzene rings is 2. The highest BCUT2D eigenvalue weighted by molar-refractivity contribution is 6.30. The second-order valence-corrected chi connectivity index (χ2v) is 7.47. The van der Waals surface area contributed by atoms with E-state index in [1.165, 1.54) is 0 Å². The number of esters is 2. The van der Waals surface area contributed by atoms with E-state index in [2.05, 4.69) is 4.98 Å². The van der Waals surface area contributed by atoms with Crippen LogP contribution in [0, 0.1) is 5.92 Å². The Labute approximate surface area is 161 Å². The fourth-order valence-corrected chi connectivity index (χ4v) is 3.70. The van der Waals surface area contributed by atoms with Gasteiger partial charge in [0.25, 0.3) is 5.79 Å². The number of H-pyrrole nitrogens is 1. The minimum absolute atomic E-state index is 0.561. The van der Waals surface area contributed by atoms with Crippen LogP contribution in [0.1, 0.15) is 30.9 Å². The Morgan fingerprint density at radius 2 is 1.63 bits per heavy atom. The van der Waals surface area contributed by atoms with Crippen molar-refractivity contribution >= 4 is 34.4 Å². The molecule has 1 aliphatic heterocycles. The molecule has 1 fully saturated rings. The van der Waals surface area contributed by atoms with Gasteiger partial charge in [0.15, 0.2) is 5.92 Å². The number of carbonyl (C=O) groups excluding carboxylic acids is 2. The van der Waals surface area contributed by atoms with Crippen LogP contribution >= 0.6 is 11.6 Å². The molecule has 0 amide bonds. The number of hydrogen-bond acceptors (Lipinski definition) is 4. The Kier molecular flexibility index (Phi) is 4.19. The van der Waals surface area contributed by atoms with Crippen molar-refractivity contribution in [1.82, 2.24) is 4.98 Å². The van der Waals surface area contributed by atoms with Crippen molar-refractivity contribution in [1.29, 1.82) is 0 Å². The third kappa shape index (κ3) is 3.19. The zero-order valence-electron chi connectivity index (χ0n) is 14.9. The summed E-state index contributed by atoms with van der Waals surface area (Å²) in [5.41, 5.74) is 2.53. The molecule has 27 heavy (non-hydrogen) atoms. The van der Waals surface area contributed by atoms with Crippen molar-refractivity contribution in [2.75, 3.05) is 0 Å². The third-order valence-electron chi connectivity index (χ3n) is 4.72. The molecule has 0 bridgehead atoms. The summed E-state index contributed by atoms with van der Waals surface area (Å²) in [5.74, 6) is -4.12. The summed E-state index contributed by atoms with van der Waals surface area (Å²) >= 11 is 6.03. The van der Waals surface area contributed by atoms with E-state index in [0.717, 1.165) is 22.0 Å². The number of rotatable bonds is 3. The van der Waals surface area contributed by atoms with Crippen LogP contribution in [-0.4, -0.2) is 22.7 Å². The maximum absolute atomic E-state index is 12.8. The van der Waals surface area contributed by atoms with Crippen molar-refractivity contribution in [3.63, 3.8) is 0 Å². The first-order valence-electron chi connectivity index (χ1n) is 8.63. The first-order valence-corrected chi connectivity index (χ1v) is 9.01. The van der Waals surface area contributed by atoms with Gasteiger partial charge in [0.1, 0.15) is 0 Å². The first kappa shape index (κ1) is 17.6. The van der Waals surface area contributed by atoms with Crippen LogP contribution in [0.5, 0.6) is 0 Å². The molecule has 1 N–H and O–H groups in total. The minimum atomic E-state index is -1.27. The Hall–Kier alpha value is -2.79. The lowest BCUT2D eigenvalue weighted by molar-refractivity contribution is -0.240. The van der Waals surface area contributed by atoms with Gasteiger partial charge in [0.2, 0.25) is 0 Å². The quantitative estimate of drug-likeness (QED) is 0.537. The zero-order valence-corrected chi connectivity index (χ0v) is 15.6. The van der Waals surface area contributed by atoms with E-state index in [9.17, 15) is 9.59 Å². The average Bonchev–Trinajstić information content (AvgIpc) is 3.02. The largest absolute Gasteiger partial charge is 0.422 e. The van der Waals surface area contributed by atoms with Crippen molar-refractivity contribution < 1.29 is 19.1 Å². The van der Waals surface area contributed by atoms with Crippen molar-refractivity contribution in [3.8, 4) is 0 Å². The smallest absolute Gasteiger partial charge is 0.324 e. The third-order valence-corrected chi connectivity index (χ3v) is 4.97. The van der Waals surface area contributed by atoms with Gasteiger partial charge in [0, 0.05) is 41.9 Å². The molecule has 6 heteroatoms. The van der Waals surface area contributed by atoms with Gasteiger partial charge in [-0.15, -0.1) is 0 Å². The second kappa shape index (κ2) is 6.43. The normalized spacial score (nSPS) is 18.2. The van der Waals surface area contributed by atoms with Gasteiger partial charge in [0.05, 0.1) is 0 Å². The average molecular weight is 384 g/mol. The molecule has 4 rings (SSSR count). The molecule has 1 saturated heterocycles. The predicted octanol–water partition coefficient (Wildman–Crippen LogP) is 4.41. The second-order valence-electron chi connectivity index (χ2n) is 7.04. The van der Waals surface area contributed by atoms with Gasteiger partial charge < -0.3 is 14.5 Å². The molecule has 0 saturated carbocycles. The number of nitrogens with one attached hydrogen (secondary N) is 1. The van der Waals surface area contributed by atoms with Crippen LogP contribution in [0.25, 0.3) is 10.9 Å². The Balaban J connectivity index is 1.88. The molecule has 138 valence electrons. The van der Waals surface area contributed by atoms with Crippen molar-refractivity contribution in [2.45, 2.75) is 25.6 Å². The number of fused-ring (bicyclic) bond motifs is 1. The van der Waals surface area contributed by atoms with Gasteiger partial charge in [-0.2, -0.15) is 0 Å². The summed E-state index contributed by atoms with van der Waals surface area (Å²) in [6.45, 7) is 3.09. The molecule has 1 aliphatic rings. The molecule has 1 atom stereocenters. The fourth-order valence-electron chi connectivity index (χ4n) is 3.57. The number of halogens is 1. The van der Waals surface area contributed by atoms with E-state index in [1.54, 1.807) is 26.0 Å². The van der Waals surface area contributed by atoms with Gasteiger partial charge in [-0.25, -0.2) is 0 Å². The van der Waals surface area contributed by atoms with Crippen LogP contribution in [0.3, 0.4) is 0 Å². The topological polar surface area (TPSA) is 68.4 Å². The molecule has 2 aromatic carbocycles. The number of hydrogen-bond donors (Lipinski definition) is 1. The Morgan fingerprint density at radius 3 is 2.30 bits per heavy atom. The van der Waals surface area contributed by atoms with Crippen LogP contribution in [0.4, 0.5) is 0 Å². The molecule has 2 heterocycles. The standard InChI is InChI=1S/C21H18ClNO4/c1-21(2)26-19(24)18(20(25)27-21)17(12-7-9-13(22)10-8-12)15-11-23-16-6-4-3-5-14(15)16/h3-11,17-18,23H,1-2H3. The molecular formula is C21H18ClNO4. The summed E-state index contributed by atoms with van der Waals surface area (Å²) in [7, 11) is 0. The number of ether oxygens (including phenoxy) is 2. The minimum Gasteiger partial charge on any atom is -0.422 e. The highest BCUT2D eigenvalue weighted by atomic mass is 35.5. The van der Waals surface area contributed by atoms with Gasteiger partial charge >= 0.3 is 11.9 Å². The van der Waals surface area contributed by atoms with E-state index in [0.29, 0.717) is 5.02 Å². The van der Waals surface area contributed by atoms with E-state index in [1.807, 2.05) is 42.6 Å². The van der Waals surface area contributed by atoms with Crippen LogP contribution in [0.15, 0.2) is 54.7 Å². The lowest BCUT2D eigenvalue weighted by atomic mass is 9.80. The molecule has 3 aromatic rings. The predicted molar refractivity (Wildman–Crippen MR) is 101 cm³/mol. The fraction of sp³-hybridized carbons (Fsp3) is 0.238. The van der Waals surface area contributed by atoms with E-state index in [4.69, 9.17) is 21.1 Å². The zero-order chi connectivity index (χ0) is 19.2. The lowest BCUT2D eigenvalue weighted by Gasteiger charge is -2.36. The van der Waals surface area contributed by atoms with E-state index in [-0.39, 0.29) is 0 Å². The van der Waals surface area contributed by atoms with Gasteiger partial charge in [-0.1, -0.05) is 41.9 Å². The highest BCUT2D eigenvalue weighted by Crippen LogP contribution is 2.40. The van der Waals surface area contributed by atoms with Crippen molar-refractivity contribution in [2.24, 2.45) is 5.92 Å². The molecule has 0 spiro atoms. The summed E-state index contributed by atoms with van der Waals surface area (Å²) in [6.07, 6.45) is 1.82. The molecule has 5 nitrogen and oxygen atoms in total. The maximum atomic E-state index is 12.8. The lowest BCUT2D eigenvalue weighted by Crippen LogP contribution is -2.48. The Bertz CT molecular complexity index is 1000.